The lowest BCUT2D eigenvalue weighted by Gasteiger charge is -2.22. The number of Topliss-reactive ketones (excluding diaryl/α,β-unsaturated/α-hetero) is 1. The summed E-state index contributed by atoms with van der Waals surface area (Å²) in [5.41, 5.74) is -1.22. The maximum atomic E-state index is 14.3. The molecule has 1 aliphatic rings. The quantitative estimate of drug-likeness (QED) is 0.317. The maximum absolute atomic E-state index is 14.3. The molecule has 1 N–H and O–H groups in total. The van der Waals surface area contributed by atoms with E-state index in [0.717, 1.165) is 23.8 Å². The summed E-state index contributed by atoms with van der Waals surface area (Å²) in [5, 5.41) is 3.26. The summed E-state index contributed by atoms with van der Waals surface area (Å²) >= 11 is 12.1. The van der Waals surface area contributed by atoms with Gasteiger partial charge in [-0.15, -0.1) is 0 Å². The van der Waals surface area contributed by atoms with Crippen LogP contribution in [-0.2, 0) is 17.5 Å². The second-order valence-electron chi connectivity index (χ2n) is 8.20. The van der Waals surface area contributed by atoms with E-state index in [1.807, 2.05) is 0 Å². The van der Waals surface area contributed by atoms with Crippen LogP contribution in [0.4, 0.5) is 13.2 Å². The average molecular weight is 497 g/mol. The van der Waals surface area contributed by atoms with E-state index >= 15 is 0 Å². The third-order valence-corrected chi connectivity index (χ3v) is 6.54. The molecule has 1 aromatic heterocycles. The van der Waals surface area contributed by atoms with Crippen molar-refractivity contribution in [3.8, 4) is 0 Å². The highest BCUT2D eigenvalue weighted by molar-refractivity contribution is 6.45. The molecule has 1 saturated carbocycles. The summed E-state index contributed by atoms with van der Waals surface area (Å²) in [6.45, 7) is -0.247. The lowest BCUT2D eigenvalue weighted by molar-refractivity contribution is -0.143. The first kappa shape index (κ1) is 23.6. The number of fused-ring (bicyclic) bond motifs is 1. The molecule has 0 radical (unpaired) electrons. The Morgan fingerprint density at radius 2 is 1.73 bits per heavy atom. The van der Waals surface area contributed by atoms with Crippen molar-refractivity contribution in [3.63, 3.8) is 0 Å². The van der Waals surface area contributed by atoms with Gasteiger partial charge in [-0.05, 0) is 36.6 Å². The molecule has 0 aliphatic heterocycles. The molecule has 174 valence electrons. The maximum Gasteiger partial charge on any atom is 0.432 e. The SMILES string of the molecule is O=C(NC1CCCCC1)C(=O)c1c(C(F)(F)F)n(Cc2ccc(Cl)cc2Cl)c2ccccc12. The number of carbonyl (C=O) groups is 2. The highest BCUT2D eigenvalue weighted by Crippen LogP contribution is 2.39. The Balaban J connectivity index is 1.82. The minimum Gasteiger partial charge on any atom is -0.346 e. The van der Waals surface area contributed by atoms with Gasteiger partial charge in [0.1, 0.15) is 5.69 Å². The van der Waals surface area contributed by atoms with E-state index in [1.54, 1.807) is 6.07 Å². The number of aromatic nitrogens is 1. The molecule has 3 aromatic rings. The van der Waals surface area contributed by atoms with Crippen molar-refractivity contribution in [2.24, 2.45) is 0 Å². The molecule has 0 atom stereocenters. The van der Waals surface area contributed by atoms with Gasteiger partial charge in [-0.2, -0.15) is 13.2 Å². The first-order chi connectivity index (χ1) is 15.7. The van der Waals surface area contributed by atoms with E-state index in [9.17, 15) is 22.8 Å². The molecule has 1 fully saturated rings. The fourth-order valence-electron chi connectivity index (χ4n) is 4.42. The Morgan fingerprint density at radius 3 is 2.39 bits per heavy atom. The van der Waals surface area contributed by atoms with Crippen molar-refractivity contribution in [1.29, 1.82) is 0 Å². The topological polar surface area (TPSA) is 51.1 Å². The highest BCUT2D eigenvalue weighted by atomic mass is 35.5. The minimum atomic E-state index is -4.88. The van der Waals surface area contributed by atoms with E-state index in [2.05, 4.69) is 5.32 Å². The molecule has 0 unspecified atom stereocenters. The molecule has 0 saturated heterocycles. The normalized spacial score (nSPS) is 15.1. The van der Waals surface area contributed by atoms with Gasteiger partial charge in [0.15, 0.2) is 0 Å². The second kappa shape index (κ2) is 9.39. The van der Waals surface area contributed by atoms with Gasteiger partial charge in [0.25, 0.3) is 11.7 Å². The monoisotopic (exact) mass is 496 g/mol. The van der Waals surface area contributed by atoms with Gasteiger partial charge in [-0.1, -0.05) is 66.7 Å². The molecular formula is C24H21Cl2F3N2O2. The zero-order chi connectivity index (χ0) is 23.8. The minimum absolute atomic E-state index is 0.0682. The number of carbonyl (C=O) groups excluding carboxylic acids is 2. The molecule has 1 heterocycles. The van der Waals surface area contributed by atoms with Crippen LogP contribution < -0.4 is 5.32 Å². The predicted molar refractivity (Wildman–Crippen MR) is 122 cm³/mol. The van der Waals surface area contributed by atoms with Crippen LogP contribution in [0.2, 0.25) is 10.0 Å². The van der Waals surface area contributed by atoms with Crippen LogP contribution in [0.25, 0.3) is 10.9 Å². The van der Waals surface area contributed by atoms with E-state index in [1.165, 1.54) is 36.4 Å². The largest absolute Gasteiger partial charge is 0.432 e. The van der Waals surface area contributed by atoms with Gasteiger partial charge in [0, 0.05) is 33.5 Å². The Bertz CT molecular complexity index is 1210. The third-order valence-electron chi connectivity index (χ3n) is 5.96. The average Bonchev–Trinajstić information content (AvgIpc) is 3.10. The van der Waals surface area contributed by atoms with Crippen molar-refractivity contribution in [2.45, 2.75) is 50.9 Å². The van der Waals surface area contributed by atoms with Crippen molar-refractivity contribution in [1.82, 2.24) is 9.88 Å². The van der Waals surface area contributed by atoms with Crippen LogP contribution in [0, 0.1) is 0 Å². The fraction of sp³-hybridized carbons (Fsp3) is 0.333. The van der Waals surface area contributed by atoms with Crippen LogP contribution in [0.5, 0.6) is 0 Å². The Hall–Kier alpha value is -2.51. The zero-order valence-corrected chi connectivity index (χ0v) is 19.0. The molecule has 9 heteroatoms. The van der Waals surface area contributed by atoms with Crippen molar-refractivity contribution in [2.75, 3.05) is 0 Å². The molecule has 1 amide bonds. The van der Waals surface area contributed by atoms with Gasteiger partial charge in [0.05, 0.1) is 5.56 Å². The number of rotatable bonds is 5. The number of benzene rings is 2. The predicted octanol–water partition coefficient (Wildman–Crippen LogP) is 6.65. The second-order valence-corrected chi connectivity index (χ2v) is 9.04. The summed E-state index contributed by atoms with van der Waals surface area (Å²) < 4.78 is 44.0. The Labute approximate surface area is 198 Å². The summed E-state index contributed by atoms with van der Waals surface area (Å²) in [4.78, 5) is 25.8. The first-order valence-electron chi connectivity index (χ1n) is 10.6. The molecule has 4 rings (SSSR count). The fourth-order valence-corrected chi connectivity index (χ4v) is 4.89. The Morgan fingerprint density at radius 1 is 1.03 bits per heavy atom. The van der Waals surface area contributed by atoms with Crippen LogP contribution in [-0.4, -0.2) is 22.3 Å². The number of nitrogens with one attached hydrogen (secondary N) is 1. The molecule has 2 aromatic carbocycles. The molecule has 33 heavy (non-hydrogen) atoms. The Kier molecular flexibility index (Phi) is 6.73. The zero-order valence-electron chi connectivity index (χ0n) is 17.5. The number of hydrogen-bond donors (Lipinski definition) is 1. The number of hydrogen-bond acceptors (Lipinski definition) is 2. The van der Waals surface area contributed by atoms with Crippen molar-refractivity contribution in [3.05, 3.63) is 69.3 Å². The summed E-state index contributed by atoms with van der Waals surface area (Å²) in [5.74, 6) is -2.20. The number of ketones is 1. The van der Waals surface area contributed by atoms with E-state index in [4.69, 9.17) is 23.2 Å². The van der Waals surface area contributed by atoms with Crippen molar-refractivity contribution >= 4 is 45.8 Å². The van der Waals surface area contributed by atoms with E-state index in [-0.39, 0.29) is 28.5 Å². The van der Waals surface area contributed by atoms with Crippen LogP contribution in [0.15, 0.2) is 42.5 Å². The molecule has 0 spiro atoms. The summed E-state index contributed by atoms with van der Waals surface area (Å²) in [6.07, 6.45) is -0.598. The molecule has 0 bridgehead atoms. The number of nitrogens with zero attached hydrogens (tertiary/aromatic N) is 1. The van der Waals surface area contributed by atoms with Gasteiger partial charge in [-0.3, -0.25) is 9.59 Å². The summed E-state index contributed by atoms with van der Waals surface area (Å²) in [6, 6.07) is 10.3. The van der Waals surface area contributed by atoms with Gasteiger partial charge in [0.2, 0.25) is 0 Å². The summed E-state index contributed by atoms with van der Waals surface area (Å²) in [7, 11) is 0. The number of amides is 1. The lowest BCUT2D eigenvalue weighted by atomic mass is 9.95. The molecule has 4 nitrogen and oxygen atoms in total. The first-order valence-corrected chi connectivity index (χ1v) is 11.4. The smallest absolute Gasteiger partial charge is 0.346 e. The van der Waals surface area contributed by atoms with Crippen LogP contribution in [0.1, 0.15) is 53.7 Å². The standard InChI is InChI=1S/C24H21Cl2F3N2O2/c25-15-11-10-14(18(26)12-15)13-31-19-9-5-4-8-17(19)20(22(31)24(27,28)29)21(32)23(33)30-16-6-2-1-3-7-16/h4-5,8-12,16H,1-3,6-7,13H2,(H,30,33). The van der Waals surface area contributed by atoms with E-state index < -0.39 is 29.1 Å². The third kappa shape index (κ3) is 4.89. The lowest BCUT2D eigenvalue weighted by Crippen LogP contribution is -2.40. The van der Waals surface area contributed by atoms with Gasteiger partial charge in [-0.25, -0.2) is 0 Å². The van der Waals surface area contributed by atoms with Crippen molar-refractivity contribution < 1.29 is 22.8 Å². The van der Waals surface area contributed by atoms with Gasteiger partial charge < -0.3 is 9.88 Å². The van der Waals surface area contributed by atoms with Crippen LogP contribution in [0.3, 0.4) is 0 Å². The molecular weight excluding hydrogens is 476 g/mol. The highest BCUT2D eigenvalue weighted by Gasteiger charge is 2.42. The number of para-hydroxylation sites is 1. The van der Waals surface area contributed by atoms with Gasteiger partial charge >= 0.3 is 6.18 Å². The number of alkyl halides is 3. The number of halogens is 5. The molecule has 1 aliphatic carbocycles. The van der Waals surface area contributed by atoms with E-state index in [0.29, 0.717) is 23.4 Å². The van der Waals surface area contributed by atoms with Crippen LogP contribution >= 0.6 is 23.2 Å².